The van der Waals surface area contributed by atoms with E-state index in [0.717, 1.165) is 12.1 Å². The third-order valence-corrected chi connectivity index (χ3v) is 4.82. The van der Waals surface area contributed by atoms with E-state index < -0.39 is 33.0 Å². The zero-order chi connectivity index (χ0) is 15.7. The van der Waals surface area contributed by atoms with Crippen molar-refractivity contribution in [1.82, 2.24) is 4.72 Å². The molecule has 0 amide bonds. The summed E-state index contributed by atoms with van der Waals surface area (Å²) in [6, 6.07) is 1.93. The molecule has 0 fully saturated rings. The zero-order valence-corrected chi connectivity index (χ0v) is 13.0. The first-order valence-corrected chi connectivity index (χ1v) is 7.61. The molecule has 0 aromatic heterocycles. The van der Waals surface area contributed by atoms with Crippen molar-refractivity contribution in [2.24, 2.45) is 0 Å². The SMILES string of the molecule is CC(C)(CO)NS(=O)(=O)c1cc(C(=O)O)c(Cl)cc1Cl. The van der Waals surface area contributed by atoms with Gasteiger partial charge < -0.3 is 10.2 Å². The Labute approximate surface area is 126 Å². The van der Waals surface area contributed by atoms with Gasteiger partial charge in [0, 0.05) is 0 Å². The van der Waals surface area contributed by atoms with E-state index in [1.54, 1.807) is 0 Å². The number of nitrogens with one attached hydrogen (secondary N) is 1. The molecule has 0 saturated carbocycles. The molecule has 1 aromatic carbocycles. The Kier molecular flexibility index (Phi) is 5.04. The molecule has 0 aliphatic heterocycles. The van der Waals surface area contributed by atoms with Crippen LogP contribution in [0.3, 0.4) is 0 Å². The number of carboxylic acids is 1. The second kappa shape index (κ2) is 5.87. The Morgan fingerprint density at radius 1 is 1.30 bits per heavy atom. The third-order valence-electron chi connectivity index (χ3n) is 2.35. The number of carbonyl (C=O) groups is 1. The second-order valence-electron chi connectivity index (χ2n) is 4.72. The molecule has 1 aromatic rings. The Morgan fingerprint density at radius 3 is 2.30 bits per heavy atom. The van der Waals surface area contributed by atoms with E-state index in [2.05, 4.69) is 4.72 Å². The molecule has 112 valence electrons. The third kappa shape index (κ3) is 3.83. The van der Waals surface area contributed by atoms with E-state index >= 15 is 0 Å². The summed E-state index contributed by atoms with van der Waals surface area (Å²) in [4.78, 5) is 10.6. The standard InChI is InChI=1S/C11H13Cl2NO5S/c1-11(2,5-15)14-20(18,19)9-3-6(10(16)17)7(12)4-8(9)13/h3-4,14-15H,5H2,1-2H3,(H,16,17). The van der Waals surface area contributed by atoms with E-state index in [0.29, 0.717) is 0 Å². The number of aliphatic hydroxyl groups excluding tert-OH is 1. The molecule has 1 rings (SSSR count). The molecular weight excluding hydrogens is 329 g/mol. The van der Waals surface area contributed by atoms with Gasteiger partial charge in [0.2, 0.25) is 10.0 Å². The van der Waals surface area contributed by atoms with E-state index in [4.69, 9.17) is 33.4 Å². The molecule has 0 aliphatic carbocycles. The average Bonchev–Trinajstić information content (AvgIpc) is 2.26. The predicted molar refractivity (Wildman–Crippen MR) is 74.9 cm³/mol. The van der Waals surface area contributed by atoms with Crippen molar-refractivity contribution in [1.29, 1.82) is 0 Å². The largest absolute Gasteiger partial charge is 0.478 e. The molecule has 0 atom stereocenters. The number of carboxylic acid groups (broad SMARTS) is 1. The minimum atomic E-state index is -4.10. The molecule has 6 nitrogen and oxygen atoms in total. The summed E-state index contributed by atoms with van der Waals surface area (Å²) in [7, 11) is -4.10. The number of rotatable bonds is 5. The van der Waals surface area contributed by atoms with Crippen molar-refractivity contribution < 1.29 is 23.4 Å². The van der Waals surface area contributed by atoms with Crippen molar-refractivity contribution in [3.8, 4) is 0 Å². The van der Waals surface area contributed by atoms with Gasteiger partial charge in [-0.2, -0.15) is 0 Å². The second-order valence-corrected chi connectivity index (χ2v) is 7.18. The first-order valence-electron chi connectivity index (χ1n) is 5.37. The van der Waals surface area contributed by atoms with Gasteiger partial charge in [-0.1, -0.05) is 23.2 Å². The van der Waals surface area contributed by atoms with Crippen LogP contribution >= 0.6 is 23.2 Å². The Balaban J connectivity index is 3.39. The first-order chi connectivity index (χ1) is 9.00. The zero-order valence-electron chi connectivity index (χ0n) is 10.6. The van der Waals surface area contributed by atoms with Gasteiger partial charge in [-0.25, -0.2) is 17.9 Å². The van der Waals surface area contributed by atoms with Crippen LogP contribution in [0.4, 0.5) is 0 Å². The van der Waals surface area contributed by atoms with Crippen LogP contribution < -0.4 is 4.72 Å². The van der Waals surface area contributed by atoms with Gasteiger partial charge in [0.15, 0.2) is 0 Å². The molecule has 3 N–H and O–H groups in total. The molecule has 9 heteroatoms. The highest BCUT2D eigenvalue weighted by atomic mass is 35.5. The minimum absolute atomic E-state index is 0.164. The smallest absolute Gasteiger partial charge is 0.337 e. The number of benzene rings is 1. The van der Waals surface area contributed by atoms with Crippen molar-refractivity contribution in [3.63, 3.8) is 0 Å². The highest BCUT2D eigenvalue weighted by molar-refractivity contribution is 7.89. The lowest BCUT2D eigenvalue weighted by Gasteiger charge is -2.23. The maximum absolute atomic E-state index is 12.2. The number of sulfonamides is 1. The first kappa shape index (κ1) is 17.2. The summed E-state index contributed by atoms with van der Waals surface area (Å²) < 4.78 is 26.6. The summed E-state index contributed by atoms with van der Waals surface area (Å²) in [6.07, 6.45) is 0. The Morgan fingerprint density at radius 2 is 1.85 bits per heavy atom. The van der Waals surface area contributed by atoms with Gasteiger partial charge in [-0.05, 0) is 26.0 Å². The fourth-order valence-electron chi connectivity index (χ4n) is 1.35. The molecule has 0 unspecified atom stereocenters. The quantitative estimate of drug-likeness (QED) is 0.756. The van der Waals surface area contributed by atoms with E-state index in [9.17, 15) is 13.2 Å². The summed E-state index contributed by atoms with van der Waals surface area (Å²) in [5, 5.41) is 17.7. The summed E-state index contributed by atoms with van der Waals surface area (Å²) >= 11 is 11.5. The van der Waals surface area contributed by atoms with Crippen molar-refractivity contribution in [3.05, 3.63) is 27.7 Å². The summed E-state index contributed by atoms with van der Waals surface area (Å²) in [5.41, 5.74) is -1.50. The van der Waals surface area contributed by atoms with Gasteiger partial charge in [0.1, 0.15) is 4.90 Å². The molecule has 0 heterocycles. The highest BCUT2D eigenvalue weighted by Gasteiger charge is 2.28. The van der Waals surface area contributed by atoms with Gasteiger partial charge in [-0.15, -0.1) is 0 Å². The van der Waals surface area contributed by atoms with Crippen LogP contribution in [0.5, 0.6) is 0 Å². The van der Waals surface area contributed by atoms with Crippen LogP contribution in [-0.4, -0.2) is 36.7 Å². The van der Waals surface area contributed by atoms with E-state index in [1.807, 2.05) is 0 Å². The molecule has 0 spiro atoms. The van der Waals surface area contributed by atoms with Crippen molar-refractivity contribution >= 4 is 39.2 Å². The van der Waals surface area contributed by atoms with Gasteiger partial charge in [0.05, 0.1) is 27.8 Å². The Bertz CT molecular complexity index is 642. The number of hydrogen-bond donors (Lipinski definition) is 3. The lowest BCUT2D eigenvalue weighted by atomic mass is 10.1. The topological polar surface area (TPSA) is 104 Å². The van der Waals surface area contributed by atoms with Gasteiger partial charge in [-0.3, -0.25) is 0 Å². The molecule has 0 aliphatic rings. The maximum Gasteiger partial charge on any atom is 0.337 e. The van der Waals surface area contributed by atoms with Gasteiger partial charge >= 0.3 is 5.97 Å². The Hall–Kier alpha value is -0.860. The lowest BCUT2D eigenvalue weighted by molar-refractivity contribution is 0.0697. The van der Waals surface area contributed by atoms with E-state index in [-0.39, 0.29) is 15.6 Å². The molecule has 20 heavy (non-hydrogen) atoms. The van der Waals surface area contributed by atoms with Crippen LogP contribution in [0.25, 0.3) is 0 Å². The molecule has 0 radical (unpaired) electrons. The highest BCUT2D eigenvalue weighted by Crippen LogP contribution is 2.29. The average molecular weight is 342 g/mol. The van der Waals surface area contributed by atoms with Crippen LogP contribution in [-0.2, 0) is 10.0 Å². The maximum atomic E-state index is 12.2. The minimum Gasteiger partial charge on any atom is -0.478 e. The summed E-state index contributed by atoms with van der Waals surface area (Å²) in [5.74, 6) is -1.37. The molecular formula is C11H13Cl2NO5S. The van der Waals surface area contributed by atoms with E-state index in [1.165, 1.54) is 13.8 Å². The monoisotopic (exact) mass is 341 g/mol. The van der Waals surface area contributed by atoms with Crippen LogP contribution in [0.1, 0.15) is 24.2 Å². The summed E-state index contributed by atoms with van der Waals surface area (Å²) in [6.45, 7) is 2.49. The number of hydrogen-bond acceptors (Lipinski definition) is 4. The normalized spacial score (nSPS) is 12.4. The predicted octanol–water partition coefficient (Wildman–Crippen LogP) is 1.74. The van der Waals surface area contributed by atoms with Crippen molar-refractivity contribution in [2.45, 2.75) is 24.3 Å². The van der Waals surface area contributed by atoms with Crippen LogP contribution in [0, 0.1) is 0 Å². The van der Waals surface area contributed by atoms with Gasteiger partial charge in [0.25, 0.3) is 0 Å². The fraction of sp³-hybridized carbons (Fsp3) is 0.364. The lowest BCUT2D eigenvalue weighted by Crippen LogP contribution is -2.46. The molecule has 0 saturated heterocycles. The fourth-order valence-corrected chi connectivity index (χ4v) is 3.61. The number of halogens is 2. The number of aliphatic hydroxyl groups is 1. The molecule has 0 bridgehead atoms. The van der Waals surface area contributed by atoms with Crippen molar-refractivity contribution in [2.75, 3.05) is 6.61 Å². The van der Waals surface area contributed by atoms with Crippen LogP contribution in [0.2, 0.25) is 10.0 Å². The number of aromatic carboxylic acids is 1. The van der Waals surface area contributed by atoms with Crippen LogP contribution in [0.15, 0.2) is 17.0 Å².